The van der Waals surface area contributed by atoms with Gasteiger partial charge in [-0.1, -0.05) is 25.1 Å². The maximum Gasteiger partial charge on any atom is 0.338 e. The molecular weight excluding hydrogens is 379 g/mol. The van der Waals surface area contributed by atoms with Crippen LogP contribution >= 0.6 is 0 Å². The number of esters is 1. The van der Waals surface area contributed by atoms with Gasteiger partial charge < -0.3 is 20.1 Å². The van der Waals surface area contributed by atoms with Gasteiger partial charge in [-0.25, -0.2) is 9.18 Å². The Hall–Kier alpha value is -3.42. The number of hydrogen-bond acceptors (Lipinski definition) is 5. The van der Waals surface area contributed by atoms with E-state index in [9.17, 15) is 18.8 Å². The Balaban J connectivity index is 1.78. The predicted molar refractivity (Wildman–Crippen MR) is 104 cm³/mol. The summed E-state index contributed by atoms with van der Waals surface area (Å²) >= 11 is 0. The lowest BCUT2D eigenvalue weighted by atomic mass is 10.2. The van der Waals surface area contributed by atoms with E-state index in [2.05, 4.69) is 10.6 Å². The molecule has 0 spiro atoms. The first-order valence-electron chi connectivity index (χ1n) is 9.15. The van der Waals surface area contributed by atoms with Crippen molar-refractivity contribution in [2.45, 2.75) is 20.0 Å². The second-order valence-electron chi connectivity index (χ2n) is 6.15. The predicted octanol–water partition coefficient (Wildman–Crippen LogP) is 2.20. The van der Waals surface area contributed by atoms with Crippen molar-refractivity contribution in [2.75, 3.05) is 19.7 Å². The summed E-state index contributed by atoms with van der Waals surface area (Å²) < 4.78 is 23.5. The summed E-state index contributed by atoms with van der Waals surface area (Å²) in [5.74, 6) is -1.47. The van der Waals surface area contributed by atoms with E-state index >= 15 is 0 Å². The van der Waals surface area contributed by atoms with Crippen LogP contribution in [0.15, 0.2) is 48.5 Å². The van der Waals surface area contributed by atoms with Crippen molar-refractivity contribution in [3.63, 3.8) is 0 Å². The second kappa shape index (κ2) is 11.4. The molecule has 8 heteroatoms. The Morgan fingerprint density at radius 3 is 2.48 bits per heavy atom. The largest absolute Gasteiger partial charge is 0.489 e. The molecule has 0 aliphatic rings. The molecule has 2 aromatic carbocycles. The van der Waals surface area contributed by atoms with Crippen LogP contribution in [0.4, 0.5) is 4.39 Å². The number of carbonyl (C=O) groups excluding carboxylic acids is 3. The molecular formula is C21H23FN2O5. The first-order valence-corrected chi connectivity index (χ1v) is 9.15. The zero-order valence-corrected chi connectivity index (χ0v) is 16.1. The van der Waals surface area contributed by atoms with Crippen LogP contribution in [0.25, 0.3) is 0 Å². The lowest BCUT2D eigenvalue weighted by Gasteiger charge is -2.09. The number of carbonyl (C=O) groups is 3. The lowest BCUT2D eigenvalue weighted by Crippen LogP contribution is -2.38. The van der Waals surface area contributed by atoms with Crippen molar-refractivity contribution in [3.8, 4) is 5.75 Å². The van der Waals surface area contributed by atoms with Gasteiger partial charge in [-0.15, -0.1) is 0 Å². The van der Waals surface area contributed by atoms with Crippen LogP contribution in [-0.2, 0) is 20.9 Å². The van der Waals surface area contributed by atoms with Crippen LogP contribution in [0, 0.1) is 5.82 Å². The molecule has 0 bridgehead atoms. The molecule has 0 aromatic heterocycles. The van der Waals surface area contributed by atoms with Crippen LogP contribution < -0.4 is 15.4 Å². The number of benzene rings is 2. The van der Waals surface area contributed by atoms with Gasteiger partial charge in [-0.05, 0) is 42.3 Å². The molecule has 2 amide bonds. The maximum atomic E-state index is 12.9. The Kier molecular flexibility index (Phi) is 8.62. The van der Waals surface area contributed by atoms with Gasteiger partial charge in [0.05, 0.1) is 12.1 Å². The fraction of sp³-hybridized carbons (Fsp3) is 0.286. The van der Waals surface area contributed by atoms with E-state index < -0.39 is 18.5 Å². The lowest BCUT2D eigenvalue weighted by molar-refractivity contribution is -0.127. The van der Waals surface area contributed by atoms with Gasteiger partial charge in [0, 0.05) is 6.54 Å². The molecule has 0 heterocycles. The van der Waals surface area contributed by atoms with Crippen molar-refractivity contribution in [1.29, 1.82) is 0 Å². The van der Waals surface area contributed by atoms with Gasteiger partial charge in [0.25, 0.3) is 5.91 Å². The van der Waals surface area contributed by atoms with Crippen LogP contribution in [0.1, 0.15) is 29.3 Å². The Labute approximate surface area is 168 Å². The summed E-state index contributed by atoms with van der Waals surface area (Å²) in [6.45, 7) is 1.98. The highest BCUT2D eigenvalue weighted by molar-refractivity contribution is 5.92. The summed E-state index contributed by atoms with van der Waals surface area (Å²) in [4.78, 5) is 35.2. The summed E-state index contributed by atoms with van der Waals surface area (Å²) in [6, 6.07) is 12.2. The Morgan fingerprint density at radius 1 is 1.00 bits per heavy atom. The highest BCUT2D eigenvalue weighted by Crippen LogP contribution is 2.16. The van der Waals surface area contributed by atoms with Crippen molar-refractivity contribution in [3.05, 3.63) is 65.5 Å². The third-order valence-electron chi connectivity index (χ3n) is 3.74. The zero-order valence-electron chi connectivity index (χ0n) is 16.1. The molecule has 154 valence electrons. The van der Waals surface area contributed by atoms with Crippen molar-refractivity contribution in [2.24, 2.45) is 0 Å². The van der Waals surface area contributed by atoms with Crippen LogP contribution in [-0.4, -0.2) is 37.5 Å². The quantitative estimate of drug-likeness (QED) is 0.595. The monoisotopic (exact) mass is 402 g/mol. The minimum atomic E-state index is -0.692. The van der Waals surface area contributed by atoms with E-state index in [0.717, 1.165) is 12.0 Å². The highest BCUT2D eigenvalue weighted by atomic mass is 19.1. The minimum Gasteiger partial charge on any atom is -0.489 e. The summed E-state index contributed by atoms with van der Waals surface area (Å²) in [7, 11) is 0. The number of rotatable bonds is 10. The molecule has 0 saturated carbocycles. The molecule has 0 radical (unpaired) electrons. The summed E-state index contributed by atoms with van der Waals surface area (Å²) in [6.07, 6.45) is 0.796. The van der Waals surface area contributed by atoms with Crippen molar-refractivity contribution < 1.29 is 28.2 Å². The van der Waals surface area contributed by atoms with E-state index in [1.54, 1.807) is 24.3 Å². The fourth-order valence-corrected chi connectivity index (χ4v) is 2.23. The molecule has 0 unspecified atom stereocenters. The Morgan fingerprint density at radius 2 is 1.76 bits per heavy atom. The van der Waals surface area contributed by atoms with Gasteiger partial charge >= 0.3 is 5.97 Å². The highest BCUT2D eigenvalue weighted by Gasteiger charge is 2.12. The molecule has 0 fully saturated rings. The van der Waals surface area contributed by atoms with Crippen LogP contribution in [0.5, 0.6) is 5.75 Å². The van der Waals surface area contributed by atoms with Gasteiger partial charge in [-0.2, -0.15) is 0 Å². The molecule has 2 N–H and O–H groups in total. The summed E-state index contributed by atoms with van der Waals surface area (Å²) in [5.41, 5.74) is 0.995. The SMILES string of the molecule is CCCNC(=O)CNC(=O)COC(=O)c1cccc(OCc2ccc(F)cc2)c1. The van der Waals surface area contributed by atoms with Crippen molar-refractivity contribution in [1.82, 2.24) is 10.6 Å². The van der Waals surface area contributed by atoms with Crippen LogP contribution in [0.2, 0.25) is 0 Å². The standard InChI is InChI=1S/C21H23FN2O5/c1-2-10-23-19(25)12-24-20(26)14-29-21(27)16-4-3-5-18(11-16)28-13-15-6-8-17(22)9-7-15/h3-9,11H,2,10,12-14H2,1H3,(H,23,25)(H,24,26). The minimum absolute atomic E-state index is 0.177. The fourth-order valence-electron chi connectivity index (χ4n) is 2.23. The molecule has 29 heavy (non-hydrogen) atoms. The van der Waals surface area contributed by atoms with E-state index in [-0.39, 0.29) is 30.4 Å². The molecule has 0 saturated heterocycles. The second-order valence-corrected chi connectivity index (χ2v) is 6.15. The van der Waals surface area contributed by atoms with Gasteiger partial charge in [0.2, 0.25) is 5.91 Å². The Bertz CT molecular complexity index is 839. The number of amides is 2. The molecule has 0 aliphatic carbocycles. The van der Waals surface area contributed by atoms with E-state index in [1.165, 1.54) is 24.3 Å². The van der Waals surface area contributed by atoms with Gasteiger partial charge in [0.15, 0.2) is 6.61 Å². The van der Waals surface area contributed by atoms with E-state index in [4.69, 9.17) is 9.47 Å². The summed E-state index contributed by atoms with van der Waals surface area (Å²) in [5, 5.41) is 4.99. The molecule has 7 nitrogen and oxygen atoms in total. The molecule has 0 aliphatic heterocycles. The first kappa shape index (κ1) is 21.9. The third-order valence-corrected chi connectivity index (χ3v) is 3.74. The average molecular weight is 402 g/mol. The smallest absolute Gasteiger partial charge is 0.338 e. The van der Waals surface area contributed by atoms with Gasteiger partial charge in [-0.3, -0.25) is 9.59 Å². The molecule has 2 aromatic rings. The topological polar surface area (TPSA) is 93.7 Å². The van der Waals surface area contributed by atoms with E-state index in [1.807, 2.05) is 6.92 Å². The maximum absolute atomic E-state index is 12.9. The normalized spacial score (nSPS) is 10.1. The number of nitrogens with one attached hydrogen (secondary N) is 2. The number of hydrogen-bond donors (Lipinski definition) is 2. The number of ether oxygens (including phenoxy) is 2. The molecule has 0 atom stereocenters. The van der Waals surface area contributed by atoms with Crippen LogP contribution in [0.3, 0.4) is 0 Å². The van der Waals surface area contributed by atoms with Gasteiger partial charge in [0.1, 0.15) is 18.2 Å². The molecule has 2 rings (SSSR count). The van der Waals surface area contributed by atoms with Crippen molar-refractivity contribution >= 4 is 17.8 Å². The zero-order chi connectivity index (χ0) is 21.1. The average Bonchev–Trinajstić information content (AvgIpc) is 2.74. The van der Waals surface area contributed by atoms with E-state index in [0.29, 0.717) is 12.3 Å². The first-order chi connectivity index (χ1) is 14.0. The number of halogens is 1. The third kappa shape index (κ3) is 8.00.